The molecule has 94 valence electrons. The van der Waals surface area contributed by atoms with Gasteiger partial charge in [0.15, 0.2) is 5.78 Å². The van der Waals surface area contributed by atoms with Crippen LogP contribution >= 0.6 is 0 Å². The van der Waals surface area contributed by atoms with Crippen LogP contribution in [0.1, 0.15) is 41.8 Å². The topological polar surface area (TPSA) is 26.3 Å². The Morgan fingerprint density at radius 2 is 1.94 bits per heavy atom. The molecule has 0 atom stereocenters. The summed E-state index contributed by atoms with van der Waals surface area (Å²) in [6.07, 6.45) is 0.171. The zero-order chi connectivity index (χ0) is 13.2. The van der Waals surface area contributed by atoms with Crippen molar-refractivity contribution in [2.24, 2.45) is 0 Å². The Kier molecular flexibility index (Phi) is 4.04. The average molecular weight is 238 g/mol. The lowest BCUT2D eigenvalue weighted by molar-refractivity contribution is 0.0171. The molecule has 17 heavy (non-hydrogen) atoms. The SMILES string of the molecule is COC(C)(C)CC(=O)c1c(C)cc(C)cc1F. The van der Waals surface area contributed by atoms with E-state index in [0.29, 0.717) is 5.56 Å². The summed E-state index contributed by atoms with van der Waals surface area (Å²) in [6.45, 7) is 7.19. The predicted octanol–water partition coefficient (Wildman–Crippen LogP) is 3.44. The third-order valence-corrected chi connectivity index (χ3v) is 2.85. The Hall–Kier alpha value is -1.22. The molecule has 1 rings (SSSR count). The van der Waals surface area contributed by atoms with E-state index in [0.717, 1.165) is 5.56 Å². The first-order valence-corrected chi connectivity index (χ1v) is 5.62. The van der Waals surface area contributed by atoms with Crippen molar-refractivity contribution in [1.29, 1.82) is 0 Å². The second-order valence-electron chi connectivity index (χ2n) is 5.00. The fourth-order valence-corrected chi connectivity index (χ4v) is 1.82. The van der Waals surface area contributed by atoms with Gasteiger partial charge in [-0.2, -0.15) is 0 Å². The number of Topliss-reactive ketones (excluding diaryl/α,β-unsaturated/α-hetero) is 1. The molecule has 0 bridgehead atoms. The van der Waals surface area contributed by atoms with E-state index >= 15 is 0 Å². The maximum absolute atomic E-state index is 13.8. The van der Waals surface area contributed by atoms with Crippen LogP contribution in [0, 0.1) is 19.7 Å². The van der Waals surface area contributed by atoms with Crippen molar-refractivity contribution in [2.45, 2.75) is 39.7 Å². The molecule has 0 aliphatic carbocycles. The Morgan fingerprint density at radius 1 is 1.35 bits per heavy atom. The van der Waals surface area contributed by atoms with Crippen molar-refractivity contribution in [3.63, 3.8) is 0 Å². The molecule has 0 unspecified atom stereocenters. The number of carbonyl (C=O) groups is 1. The van der Waals surface area contributed by atoms with Crippen LogP contribution in [0.2, 0.25) is 0 Å². The molecule has 0 fully saturated rings. The quantitative estimate of drug-likeness (QED) is 0.751. The van der Waals surface area contributed by atoms with Gasteiger partial charge in [-0.25, -0.2) is 4.39 Å². The van der Waals surface area contributed by atoms with Gasteiger partial charge in [-0.05, 0) is 44.9 Å². The fourth-order valence-electron chi connectivity index (χ4n) is 1.82. The highest BCUT2D eigenvalue weighted by Crippen LogP contribution is 2.22. The monoisotopic (exact) mass is 238 g/mol. The Labute approximate surface area is 102 Å². The number of halogens is 1. The van der Waals surface area contributed by atoms with E-state index in [-0.39, 0.29) is 17.8 Å². The number of hydrogen-bond donors (Lipinski definition) is 0. The standard InChI is InChI=1S/C14H19FO2/c1-9-6-10(2)13(11(15)7-9)12(16)8-14(3,4)17-5/h6-7H,8H2,1-5H3. The van der Waals surface area contributed by atoms with E-state index in [4.69, 9.17) is 4.74 Å². The molecule has 0 aliphatic heterocycles. The van der Waals surface area contributed by atoms with Crippen LogP contribution in [0.25, 0.3) is 0 Å². The second kappa shape index (κ2) is 4.96. The fraction of sp³-hybridized carbons (Fsp3) is 0.500. The van der Waals surface area contributed by atoms with Gasteiger partial charge in [0, 0.05) is 13.5 Å². The maximum Gasteiger partial charge on any atom is 0.168 e. The molecule has 0 saturated heterocycles. The molecular formula is C14H19FO2. The summed E-state index contributed by atoms with van der Waals surface area (Å²) in [7, 11) is 1.55. The lowest BCUT2D eigenvalue weighted by Gasteiger charge is -2.22. The summed E-state index contributed by atoms with van der Waals surface area (Å²) in [6, 6.07) is 3.20. The van der Waals surface area contributed by atoms with Gasteiger partial charge in [0.1, 0.15) is 5.82 Å². The van der Waals surface area contributed by atoms with Crippen LogP contribution in [-0.4, -0.2) is 18.5 Å². The van der Waals surface area contributed by atoms with Crippen molar-refractivity contribution in [3.05, 3.63) is 34.6 Å². The van der Waals surface area contributed by atoms with Crippen molar-refractivity contribution < 1.29 is 13.9 Å². The zero-order valence-electron chi connectivity index (χ0n) is 11.1. The zero-order valence-corrected chi connectivity index (χ0v) is 11.1. The van der Waals surface area contributed by atoms with Gasteiger partial charge < -0.3 is 4.74 Å². The number of ether oxygens (including phenoxy) is 1. The number of benzene rings is 1. The second-order valence-corrected chi connectivity index (χ2v) is 5.00. The van der Waals surface area contributed by atoms with Gasteiger partial charge in [0.2, 0.25) is 0 Å². The predicted molar refractivity (Wildman–Crippen MR) is 65.9 cm³/mol. The first-order valence-electron chi connectivity index (χ1n) is 5.62. The van der Waals surface area contributed by atoms with Crippen LogP contribution in [0.4, 0.5) is 4.39 Å². The molecular weight excluding hydrogens is 219 g/mol. The first-order chi connectivity index (χ1) is 7.76. The molecule has 0 N–H and O–H groups in total. The molecule has 3 heteroatoms. The van der Waals surface area contributed by atoms with Crippen LogP contribution in [0.3, 0.4) is 0 Å². The minimum atomic E-state index is -0.569. The largest absolute Gasteiger partial charge is 0.378 e. The minimum Gasteiger partial charge on any atom is -0.378 e. The maximum atomic E-state index is 13.8. The average Bonchev–Trinajstić information content (AvgIpc) is 2.14. The molecule has 1 aromatic rings. The highest BCUT2D eigenvalue weighted by Gasteiger charge is 2.24. The summed E-state index contributed by atoms with van der Waals surface area (Å²) >= 11 is 0. The summed E-state index contributed by atoms with van der Waals surface area (Å²) in [5.41, 5.74) is 1.11. The minimum absolute atomic E-state index is 0.171. The molecule has 0 radical (unpaired) electrons. The molecule has 0 spiro atoms. The normalized spacial score (nSPS) is 11.6. The molecule has 0 heterocycles. The first kappa shape index (κ1) is 13.8. The Morgan fingerprint density at radius 3 is 2.41 bits per heavy atom. The lowest BCUT2D eigenvalue weighted by Crippen LogP contribution is -2.27. The van der Waals surface area contributed by atoms with Gasteiger partial charge >= 0.3 is 0 Å². The van der Waals surface area contributed by atoms with Crippen LogP contribution < -0.4 is 0 Å². The molecule has 0 amide bonds. The van der Waals surface area contributed by atoms with Crippen molar-refractivity contribution in [2.75, 3.05) is 7.11 Å². The van der Waals surface area contributed by atoms with Crippen molar-refractivity contribution >= 4 is 5.78 Å². The van der Waals surface area contributed by atoms with E-state index in [2.05, 4.69) is 0 Å². The van der Waals surface area contributed by atoms with E-state index < -0.39 is 11.4 Å². The van der Waals surface area contributed by atoms with E-state index in [1.54, 1.807) is 14.0 Å². The third-order valence-electron chi connectivity index (χ3n) is 2.85. The van der Waals surface area contributed by atoms with Crippen LogP contribution in [-0.2, 0) is 4.74 Å². The van der Waals surface area contributed by atoms with Gasteiger partial charge in [0.05, 0.1) is 11.2 Å². The highest BCUT2D eigenvalue weighted by atomic mass is 19.1. The van der Waals surface area contributed by atoms with Gasteiger partial charge in [-0.15, -0.1) is 0 Å². The number of methoxy groups -OCH3 is 1. The third kappa shape index (κ3) is 3.37. The number of rotatable bonds is 4. The van der Waals surface area contributed by atoms with Gasteiger partial charge in [0.25, 0.3) is 0 Å². The highest BCUT2D eigenvalue weighted by molar-refractivity contribution is 5.98. The van der Waals surface area contributed by atoms with Crippen LogP contribution in [0.15, 0.2) is 12.1 Å². The summed E-state index contributed by atoms with van der Waals surface area (Å²) in [5.74, 6) is -0.661. The van der Waals surface area contributed by atoms with Crippen LogP contribution in [0.5, 0.6) is 0 Å². The van der Waals surface area contributed by atoms with E-state index in [1.165, 1.54) is 6.07 Å². The summed E-state index contributed by atoms with van der Waals surface area (Å²) in [4.78, 5) is 12.1. The number of hydrogen-bond acceptors (Lipinski definition) is 2. The summed E-state index contributed by atoms with van der Waals surface area (Å²) in [5, 5.41) is 0. The lowest BCUT2D eigenvalue weighted by atomic mass is 9.93. The number of ketones is 1. The molecule has 0 aliphatic rings. The van der Waals surface area contributed by atoms with Gasteiger partial charge in [-0.1, -0.05) is 6.07 Å². The number of aryl methyl sites for hydroxylation is 2. The smallest absolute Gasteiger partial charge is 0.168 e. The molecule has 0 saturated carbocycles. The molecule has 0 aromatic heterocycles. The van der Waals surface area contributed by atoms with Crippen molar-refractivity contribution in [1.82, 2.24) is 0 Å². The number of carbonyl (C=O) groups excluding carboxylic acids is 1. The molecule has 2 nitrogen and oxygen atoms in total. The molecule has 1 aromatic carbocycles. The van der Waals surface area contributed by atoms with E-state index in [1.807, 2.05) is 26.8 Å². The Bertz CT molecular complexity index is 413. The van der Waals surface area contributed by atoms with E-state index in [9.17, 15) is 9.18 Å². The Balaban J connectivity index is 3.05. The summed E-state index contributed by atoms with van der Waals surface area (Å²) < 4.78 is 19.0. The van der Waals surface area contributed by atoms with Gasteiger partial charge in [-0.3, -0.25) is 4.79 Å². The van der Waals surface area contributed by atoms with Crippen molar-refractivity contribution in [3.8, 4) is 0 Å².